The van der Waals surface area contributed by atoms with Gasteiger partial charge in [0.2, 0.25) is 0 Å². The zero-order valence-corrected chi connectivity index (χ0v) is 4.98. The highest BCUT2D eigenvalue weighted by Gasteiger charge is 1.65. The summed E-state index contributed by atoms with van der Waals surface area (Å²) in [5, 5.41) is 8.86. The van der Waals surface area contributed by atoms with Crippen LogP contribution < -0.4 is 0 Å². The fraction of sp³-hybridized carbons (Fsp3) is 0.250. The Morgan fingerprint density at radius 2 is 2.00 bits per heavy atom. The molecule has 0 saturated carbocycles. The summed E-state index contributed by atoms with van der Waals surface area (Å²) in [6, 6.07) is 0. The van der Waals surface area contributed by atoms with Gasteiger partial charge >= 0.3 is 0 Å². The van der Waals surface area contributed by atoms with Gasteiger partial charge in [0, 0.05) is 6.92 Å². The Bertz CT molecular complexity index is 56.7. The molecule has 1 N–H and O–H groups in total. The summed E-state index contributed by atoms with van der Waals surface area (Å²) in [6.07, 6.45) is 0. The molecule has 0 aromatic rings. The molecular weight excluding hydrogens is 112 g/mol. The van der Waals surface area contributed by atoms with Gasteiger partial charge in [0.1, 0.15) is 0 Å². The maximum absolute atomic E-state index is 9.00. The SMILES string of the molecule is C=CS.CC(=O)O. The lowest BCUT2D eigenvalue weighted by Crippen LogP contribution is -1.78. The molecule has 3 heteroatoms. The maximum atomic E-state index is 9.00. The van der Waals surface area contributed by atoms with Crippen molar-refractivity contribution in [1.29, 1.82) is 0 Å². The van der Waals surface area contributed by atoms with Crippen molar-refractivity contribution in [2.24, 2.45) is 0 Å². The van der Waals surface area contributed by atoms with E-state index in [-0.39, 0.29) is 0 Å². The van der Waals surface area contributed by atoms with Gasteiger partial charge < -0.3 is 5.11 Å². The third-order valence-corrected chi connectivity index (χ3v) is 0. The van der Waals surface area contributed by atoms with Crippen molar-refractivity contribution in [2.45, 2.75) is 6.92 Å². The van der Waals surface area contributed by atoms with Crippen molar-refractivity contribution in [3.8, 4) is 0 Å². The van der Waals surface area contributed by atoms with Crippen molar-refractivity contribution in [3.63, 3.8) is 0 Å². The van der Waals surface area contributed by atoms with Crippen LogP contribution in [0.3, 0.4) is 0 Å². The average molecular weight is 120 g/mol. The summed E-state index contributed by atoms with van der Waals surface area (Å²) < 4.78 is 0. The molecule has 42 valence electrons. The second kappa shape index (κ2) is 9.12. The molecule has 0 spiro atoms. The lowest BCUT2D eigenvalue weighted by atomic mass is 10.9. The number of carbonyl (C=O) groups is 1. The fourth-order valence-electron chi connectivity index (χ4n) is 0. The Hall–Kier alpha value is -0.440. The highest BCUT2D eigenvalue weighted by atomic mass is 32.1. The van der Waals surface area contributed by atoms with Gasteiger partial charge in [0.25, 0.3) is 5.97 Å². The molecule has 0 saturated heterocycles. The molecule has 0 radical (unpaired) electrons. The van der Waals surface area contributed by atoms with Crippen molar-refractivity contribution in [3.05, 3.63) is 12.0 Å². The summed E-state index contributed by atoms with van der Waals surface area (Å²) in [5.41, 5.74) is 0. The van der Waals surface area contributed by atoms with E-state index in [1.807, 2.05) is 0 Å². The number of hydrogen-bond donors (Lipinski definition) is 2. The van der Waals surface area contributed by atoms with Crippen LogP contribution in [-0.2, 0) is 4.79 Å². The highest BCUT2D eigenvalue weighted by Crippen LogP contribution is 1.58. The third kappa shape index (κ3) is 364. The number of hydrogen-bond acceptors (Lipinski definition) is 2. The van der Waals surface area contributed by atoms with Gasteiger partial charge in [0.15, 0.2) is 0 Å². The van der Waals surface area contributed by atoms with Gasteiger partial charge in [-0.25, -0.2) is 0 Å². The Kier molecular flexibility index (Phi) is 12.7. The first kappa shape index (κ1) is 9.75. The molecule has 0 aromatic heterocycles. The Labute approximate surface area is 48.3 Å². The monoisotopic (exact) mass is 120 g/mol. The van der Waals surface area contributed by atoms with Crippen LogP contribution in [0.4, 0.5) is 0 Å². The van der Waals surface area contributed by atoms with Crippen LogP contribution in [0.1, 0.15) is 6.92 Å². The van der Waals surface area contributed by atoms with Crippen LogP contribution in [0.5, 0.6) is 0 Å². The number of carboxylic acids is 1. The Morgan fingerprint density at radius 3 is 2.00 bits per heavy atom. The Morgan fingerprint density at radius 1 is 2.00 bits per heavy atom. The fourth-order valence-corrected chi connectivity index (χ4v) is 0. The summed E-state index contributed by atoms with van der Waals surface area (Å²) in [5.74, 6) is -0.833. The topological polar surface area (TPSA) is 37.3 Å². The lowest BCUT2D eigenvalue weighted by molar-refractivity contribution is -0.134. The molecule has 0 aliphatic carbocycles. The number of carboxylic acid groups (broad SMARTS) is 1. The molecule has 0 rings (SSSR count). The largest absolute Gasteiger partial charge is 0.481 e. The molecule has 0 unspecified atom stereocenters. The van der Waals surface area contributed by atoms with E-state index in [1.54, 1.807) is 0 Å². The normalized spacial score (nSPS) is 5.43. The van der Waals surface area contributed by atoms with E-state index >= 15 is 0 Å². The van der Waals surface area contributed by atoms with E-state index in [2.05, 4.69) is 19.2 Å². The van der Waals surface area contributed by atoms with Crippen LogP contribution in [0.2, 0.25) is 0 Å². The second-order valence-electron chi connectivity index (χ2n) is 0.702. The van der Waals surface area contributed by atoms with Crippen molar-refractivity contribution in [1.82, 2.24) is 0 Å². The van der Waals surface area contributed by atoms with Gasteiger partial charge in [-0.1, -0.05) is 6.58 Å². The molecule has 2 nitrogen and oxygen atoms in total. The second-order valence-corrected chi connectivity index (χ2v) is 1.07. The molecule has 0 bridgehead atoms. The first-order valence-corrected chi connectivity index (χ1v) is 2.11. The summed E-state index contributed by atoms with van der Waals surface area (Å²) in [7, 11) is 0. The molecule has 0 fully saturated rings. The zero-order valence-electron chi connectivity index (χ0n) is 4.09. The standard InChI is InChI=1S/C2H4O2.C2H4S/c1-2(3)4;1-2-3/h1H3,(H,3,4);2-3H,1H2. The molecular formula is C4H8O2S. The third-order valence-electron chi connectivity index (χ3n) is 0. The zero-order chi connectivity index (χ0) is 6.28. The van der Waals surface area contributed by atoms with E-state index in [1.165, 1.54) is 5.41 Å². The minimum absolute atomic E-state index is 0.833. The van der Waals surface area contributed by atoms with Crippen LogP contribution >= 0.6 is 12.6 Å². The average Bonchev–Trinajstić information content (AvgIpc) is 1.33. The summed E-state index contributed by atoms with van der Waals surface area (Å²) in [4.78, 5) is 9.00. The number of aliphatic carboxylic acids is 1. The van der Waals surface area contributed by atoms with Crippen molar-refractivity contribution < 1.29 is 9.90 Å². The van der Waals surface area contributed by atoms with E-state index in [0.717, 1.165) is 6.92 Å². The van der Waals surface area contributed by atoms with Gasteiger partial charge in [-0.3, -0.25) is 4.79 Å². The first-order chi connectivity index (χ1) is 3.15. The Balaban J connectivity index is 0. The van der Waals surface area contributed by atoms with Gasteiger partial charge in [-0.2, -0.15) is 12.6 Å². The van der Waals surface area contributed by atoms with Gasteiger partial charge in [-0.15, -0.1) is 0 Å². The van der Waals surface area contributed by atoms with Crippen LogP contribution in [0.15, 0.2) is 12.0 Å². The molecule has 0 atom stereocenters. The smallest absolute Gasteiger partial charge is 0.300 e. The van der Waals surface area contributed by atoms with Crippen molar-refractivity contribution in [2.75, 3.05) is 0 Å². The van der Waals surface area contributed by atoms with Crippen molar-refractivity contribution >= 4 is 18.6 Å². The highest BCUT2D eigenvalue weighted by molar-refractivity contribution is 7.83. The van der Waals surface area contributed by atoms with Crippen LogP contribution in [0.25, 0.3) is 0 Å². The number of rotatable bonds is 0. The van der Waals surface area contributed by atoms with E-state index in [0.29, 0.717) is 0 Å². The molecule has 0 amide bonds. The molecule has 0 heterocycles. The lowest BCUT2D eigenvalue weighted by Gasteiger charge is -1.59. The number of thiol groups is 1. The summed E-state index contributed by atoms with van der Waals surface area (Å²) in [6.45, 7) is 4.31. The molecule has 7 heavy (non-hydrogen) atoms. The molecule has 0 aliphatic rings. The quantitative estimate of drug-likeness (QED) is 0.470. The molecule has 0 aliphatic heterocycles. The van der Waals surface area contributed by atoms with E-state index < -0.39 is 5.97 Å². The van der Waals surface area contributed by atoms with E-state index in [4.69, 9.17) is 9.90 Å². The van der Waals surface area contributed by atoms with E-state index in [9.17, 15) is 0 Å². The van der Waals surface area contributed by atoms with Gasteiger partial charge in [-0.05, 0) is 5.41 Å². The van der Waals surface area contributed by atoms with Gasteiger partial charge in [0.05, 0.1) is 0 Å². The maximum Gasteiger partial charge on any atom is 0.300 e. The van der Waals surface area contributed by atoms with Crippen LogP contribution in [-0.4, -0.2) is 11.1 Å². The molecule has 0 aromatic carbocycles. The minimum atomic E-state index is -0.833. The minimum Gasteiger partial charge on any atom is -0.481 e. The van der Waals surface area contributed by atoms with Crippen LogP contribution in [0, 0.1) is 0 Å². The first-order valence-electron chi connectivity index (χ1n) is 1.59. The predicted octanol–water partition coefficient (Wildman–Crippen LogP) is 1.15. The summed E-state index contributed by atoms with van der Waals surface area (Å²) >= 11 is 3.55. The predicted molar refractivity (Wildman–Crippen MR) is 32.5 cm³/mol.